The van der Waals surface area contributed by atoms with E-state index in [4.69, 9.17) is 11.5 Å². The summed E-state index contributed by atoms with van der Waals surface area (Å²) in [5, 5.41) is 0. The number of carbonyl (C=O) groups is 4. The van der Waals surface area contributed by atoms with E-state index in [1.807, 2.05) is 76.2 Å². The molecule has 0 bridgehead atoms. The molecule has 4 amide bonds. The first-order valence-corrected chi connectivity index (χ1v) is 16.9. The van der Waals surface area contributed by atoms with E-state index in [0.717, 1.165) is 55.6 Å². The van der Waals surface area contributed by atoms with Crippen LogP contribution in [0.15, 0.2) is 109 Å². The molecule has 254 valence electrons. The lowest BCUT2D eigenvalue weighted by molar-refractivity contribution is 0.0910. The van der Waals surface area contributed by atoms with Gasteiger partial charge in [-0.15, -0.1) is 0 Å². The standard InChI is InChI=1S/C44H34N4O4/c1-23-25(3)40(48-42(50)36-20-12-31(22-38(36)44(48)52)28-7-15-33(46)16-8-28)26(4)24(2)39(23)29-9-17-34(18-10-29)47-41(49)35-19-11-30(21-37(35)43(47)51)27-5-13-32(45)14-6-27/h5-22H,45-46H2,1-4H3. The fourth-order valence-corrected chi connectivity index (χ4v) is 7.47. The molecule has 0 saturated heterocycles. The number of carbonyl (C=O) groups excluding carboxylic acids is 4. The Kier molecular flexibility index (Phi) is 7.43. The fourth-order valence-electron chi connectivity index (χ4n) is 7.47. The van der Waals surface area contributed by atoms with E-state index in [1.54, 1.807) is 60.7 Å². The van der Waals surface area contributed by atoms with Crippen LogP contribution in [0.4, 0.5) is 22.7 Å². The molecule has 2 aliphatic heterocycles. The predicted octanol–water partition coefficient (Wildman–Crippen LogP) is 8.69. The van der Waals surface area contributed by atoms with Gasteiger partial charge in [-0.2, -0.15) is 0 Å². The number of anilines is 4. The summed E-state index contributed by atoms with van der Waals surface area (Å²) in [5.74, 6) is -1.47. The van der Waals surface area contributed by atoms with Gasteiger partial charge in [0.15, 0.2) is 0 Å². The van der Waals surface area contributed by atoms with Gasteiger partial charge >= 0.3 is 0 Å². The number of imide groups is 2. The highest BCUT2D eigenvalue weighted by atomic mass is 16.2. The summed E-state index contributed by atoms with van der Waals surface area (Å²) in [6, 6.07) is 32.7. The van der Waals surface area contributed by atoms with Crippen LogP contribution in [0.2, 0.25) is 0 Å². The number of nitrogen functional groups attached to an aromatic ring is 2. The molecule has 8 nitrogen and oxygen atoms in total. The van der Waals surface area contributed by atoms with E-state index in [2.05, 4.69) is 0 Å². The molecule has 0 atom stereocenters. The number of nitrogens with two attached hydrogens (primary N) is 2. The zero-order valence-corrected chi connectivity index (χ0v) is 29.1. The highest BCUT2D eigenvalue weighted by molar-refractivity contribution is 6.36. The van der Waals surface area contributed by atoms with Crippen LogP contribution >= 0.6 is 0 Å². The molecule has 8 rings (SSSR count). The number of rotatable bonds is 5. The number of hydrogen-bond acceptors (Lipinski definition) is 6. The Labute approximate surface area is 300 Å². The predicted molar refractivity (Wildman–Crippen MR) is 206 cm³/mol. The van der Waals surface area contributed by atoms with Gasteiger partial charge in [0.25, 0.3) is 23.6 Å². The van der Waals surface area contributed by atoms with Crippen molar-refractivity contribution in [2.24, 2.45) is 0 Å². The molecule has 6 aromatic carbocycles. The molecule has 0 unspecified atom stereocenters. The quantitative estimate of drug-likeness (QED) is 0.138. The highest BCUT2D eigenvalue weighted by Crippen LogP contribution is 2.43. The second-order valence-corrected chi connectivity index (χ2v) is 13.4. The first-order chi connectivity index (χ1) is 24.9. The van der Waals surface area contributed by atoms with E-state index >= 15 is 0 Å². The van der Waals surface area contributed by atoms with Gasteiger partial charge in [0.1, 0.15) is 0 Å². The third-order valence-electron chi connectivity index (χ3n) is 10.5. The molecule has 2 aliphatic rings. The SMILES string of the molecule is Cc1c(C)c(N2C(=O)c3ccc(-c4ccc(N)cc4)cc3C2=O)c(C)c(C)c1-c1ccc(N2C(=O)c3ccc(-c4ccc(N)cc4)cc3C2=O)cc1. The van der Waals surface area contributed by atoms with Crippen molar-refractivity contribution in [3.8, 4) is 33.4 Å². The highest BCUT2D eigenvalue weighted by Gasteiger charge is 2.40. The Morgan fingerprint density at radius 3 is 1.21 bits per heavy atom. The molecule has 0 fully saturated rings. The molecule has 0 aliphatic carbocycles. The smallest absolute Gasteiger partial charge is 0.266 e. The minimum atomic E-state index is -0.380. The molecule has 0 spiro atoms. The van der Waals surface area contributed by atoms with E-state index in [1.165, 1.54) is 9.80 Å². The summed E-state index contributed by atoms with van der Waals surface area (Å²) >= 11 is 0. The van der Waals surface area contributed by atoms with Crippen LogP contribution in [-0.2, 0) is 0 Å². The lowest BCUT2D eigenvalue weighted by Gasteiger charge is -2.25. The molecule has 8 heteroatoms. The second-order valence-electron chi connectivity index (χ2n) is 13.4. The van der Waals surface area contributed by atoms with E-state index in [9.17, 15) is 19.2 Å². The fraction of sp³-hybridized carbons (Fsp3) is 0.0909. The maximum atomic E-state index is 13.9. The first kappa shape index (κ1) is 32.4. The van der Waals surface area contributed by atoms with Gasteiger partial charge in [-0.25, -0.2) is 9.80 Å². The third kappa shape index (κ3) is 4.91. The van der Waals surface area contributed by atoms with Crippen molar-refractivity contribution in [2.45, 2.75) is 27.7 Å². The van der Waals surface area contributed by atoms with Gasteiger partial charge in [-0.3, -0.25) is 19.2 Å². The summed E-state index contributed by atoms with van der Waals surface area (Å²) in [7, 11) is 0. The van der Waals surface area contributed by atoms with E-state index in [-0.39, 0.29) is 23.6 Å². The van der Waals surface area contributed by atoms with Crippen LogP contribution < -0.4 is 21.3 Å². The number of hydrogen-bond donors (Lipinski definition) is 2. The van der Waals surface area contributed by atoms with Gasteiger partial charge < -0.3 is 11.5 Å². The van der Waals surface area contributed by atoms with Gasteiger partial charge in [0.2, 0.25) is 0 Å². The van der Waals surface area contributed by atoms with Crippen molar-refractivity contribution < 1.29 is 19.2 Å². The Morgan fingerprint density at radius 2 is 0.750 bits per heavy atom. The molecule has 52 heavy (non-hydrogen) atoms. The maximum absolute atomic E-state index is 13.9. The molecule has 6 aromatic rings. The van der Waals surface area contributed by atoms with Crippen LogP contribution in [0.3, 0.4) is 0 Å². The maximum Gasteiger partial charge on any atom is 0.266 e. The van der Waals surface area contributed by atoms with Crippen molar-refractivity contribution in [3.63, 3.8) is 0 Å². The monoisotopic (exact) mass is 682 g/mol. The normalized spacial score (nSPS) is 13.6. The number of benzene rings is 6. The van der Waals surface area contributed by atoms with Crippen molar-refractivity contribution in [3.05, 3.63) is 154 Å². The Hall–Kier alpha value is -6.80. The minimum Gasteiger partial charge on any atom is -0.399 e. The minimum absolute atomic E-state index is 0.353. The average molecular weight is 683 g/mol. The van der Waals surface area contributed by atoms with Gasteiger partial charge in [-0.1, -0.05) is 48.5 Å². The van der Waals surface area contributed by atoms with Gasteiger partial charge in [-0.05, 0) is 144 Å². The largest absolute Gasteiger partial charge is 0.399 e. The second kappa shape index (κ2) is 11.9. The number of amides is 4. The summed E-state index contributed by atoms with van der Waals surface area (Å²) in [6.45, 7) is 7.81. The third-order valence-corrected chi connectivity index (χ3v) is 10.5. The average Bonchev–Trinajstić information content (AvgIpc) is 3.55. The molecule has 0 saturated carbocycles. The molecular formula is C44H34N4O4. The van der Waals surface area contributed by atoms with E-state index in [0.29, 0.717) is 45.0 Å². The summed E-state index contributed by atoms with van der Waals surface area (Å²) in [6.07, 6.45) is 0. The van der Waals surface area contributed by atoms with Crippen molar-refractivity contribution in [1.29, 1.82) is 0 Å². The van der Waals surface area contributed by atoms with Crippen molar-refractivity contribution >= 4 is 46.4 Å². The summed E-state index contributed by atoms with van der Waals surface area (Å²) in [5.41, 5.74) is 24.2. The lowest BCUT2D eigenvalue weighted by Crippen LogP contribution is -2.31. The molecule has 0 aromatic heterocycles. The van der Waals surface area contributed by atoms with Crippen LogP contribution in [0, 0.1) is 27.7 Å². The Balaban J connectivity index is 1.10. The first-order valence-electron chi connectivity index (χ1n) is 16.9. The zero-order valence-electron chi connectivity index (χ0n) is 29.1. The van der Waals surface area contributed by atoms with Crippen LogP contribution in [0.1, 0.15) is 63.7 Å². The zero-order chi connectivity index (χ0) is 36.6. The van der Waals surface area contributed by atoms with Gasteiger partial charge in [0, 0.05) is 11.4 Å². The number of fused-ring (bicyclic) bond motifs is 2. The molecule has 0 radical (unpaired) electrons. The van der Waals surface area contributed by atoms with E-state index < -0.39 is 0 Å². The van der Waals surface area contributed by atoms with Crippen molar-refractivity contribution in [2.75, 3.05) is 21.3 Å². The Morgan fingerprint density at radius 1 is 0.385 bits per heavy atom. The van der Waals surface area contributed by atoms with Gasteiger partial charge in [0.05, 0.1) is 33.6 Å². The van der Waals surface area contributed by atoms with Crippen molar-refractivity contribution in [1.82, 2.24) is 0 Å². The van der Waals surface area contributed by atoms with Crippen LogP contribution in [0.5, 0.6) is 0 Å². The Bertz CT molecular complexity index is 2510. The molecule has 4 N–H and O–H groups in total. The lowest BCUT2D eigenvalue weighted by atomic mass is 9.87. The van der Waals surface area contributed by atoms with Crippen LogP contribution in [0.25, 0.3) is 33.4 Å². The summed E-state index contributed by atoms with van der Waals surface area (Å²) in [4.78, 5) is 57.4. The summed E-state index contributed by atoms with van der Waals surface area (Å²) < 4.78 is 0. The molecule has 2 heterocycles. The number of nitrogens with zero attached hydrogens (tertiary/aromatic N) is 2. The topological polar surface area (TPSA) is 127 Å². The van der Waals surface area contributed by atoms with Crippen LogP contribution in [-0.4, -0.2) is 23.6 Å². The molecular weight excluding hydrogens is 649 g/mol.